The summed E-state index contributed by atoms with van der Waals surface area (Å²) >= 11 is 0. The van der Waals surface area contributed by atoms with Crippen molar-refractivity contribution >= 4 is 16.7 Å². The topological polar surface area (TPSA) is 74.7 Å². The van der Waals surface area contributed by atoms with Crippen molar-refractivity contribution < 1.29 is 0 Å². The minimum atomic E-state index is 0.161. The van der Waals surface area contributed by atoms with Crippen LogP contribution in [0.4, 0.5) is 5.82 Å². The van der Waals surface area contributed by atoms with Crippen molar-refractivity contribution in [1.29, 1.82) is 5.26 Å². The van der Waals surface area contributed by atoms with Gasteiger partial charge in [0, 0.05) is 18.0 Å². The van der Waals surface area contributed by atoms with Crippen LogP contribution in [-0.4, -0.2) is 17.6 Å². The Morgan fingerprint density at radius 3 is 2.94 bits per heavy atom. The number of fused-ring (bicyclic) bond motifs is 1. The number of aromatic nitrogens is 1. The highest BCUT2D eigenvalue weighted by molar-refractivity contribution is 5.86. The second-order valence-electron chi connectivity index (χ2n) is 4.38. The van der Waals surface area contributed by atoms with Gasteiger partial charge >= 0.3 is 0 Å². The van der Waals surface area contributed by atoms with E-state index >= 15 is 0 Å². The Kier molecular flexibility index (Phi) is 3.75. The van der Waals surface area contributed by atoms with Crippen molar-refractivity contribution in [2.24, 2.45) is 5.73 Å². The lowest BCUT2D eigenvalue weighted by molar-refractivity contribution is 0.689. The number of hydrogen-bond donors (Lipinski definition) is 2. The minimum absolute atomic E-state index is 0.161. The maximum atomic E-state index is 9.15. The fourth-order valence-corrected chi connectivity index (χ4v) is 1.79. The molecule has 0 aliphatic carbocycles. The van der Waals surface area contributed by atoms with E-state index in [4.69, 9.17) is 11.0 Å². The second kappa shape index (κ2) is 5.48. The maximum Gasteiger partial charge on any atom is 0.127 e. The number of para-hydroxylation sites is 1. The Hall–Kier alpha value is -2.12. The van der Waals surface area contributed by atoms with Gasteiger partial charge in [0.25, 0.3) is 0 Å². The summed E-state index contributed by atoms with van der Waals surface area (Å²) in [6.07, 6.45) is 0.871. The van der Waals surface area contributed by atoms with E-state index in [2.05, 4.69) is 16.4 Å². The zero-order valence-electron chi connectivity index (χ0n) is 10.4. The van der Waals surface area contributed by atoms with E-state index in [0.717, 1.165) is 29.7 Å². The third kappa shape index (κ3) is 2.76. The van der Waals surface area contributed by atoms with Crippen molar-refractivity contribution in [2.75, 3.05) is 11.9 Å². The summed E-state index contributed by atoms with van der Waals surface area (Å²) in [7, 11) is 0. The van der Waals surface area contributed by atoms with Crippen LogP contribution in [0.2, 0.25) is 0 Å². The van der Waals surface area contributed by atoms with Gasteiger partial charge in [-0.3, -0.25) is 0 Å². The molecule has 92 valence electrons. The van der Waals surface area contributed by atoms with Crippen LogP contribution in [0.15, 0.2) is 30.3 Å². The molecule has 0 amide bonds. The largest absolute Gasteiger partial charge is 0.370 e. The Bertz CT molecular complexity index is 584. The first-order chi connectivity index (χ1) is 8.70. The molecular weight excluding hydrogens is 224 g/mol. The lowest BCUT2D eigenvalue weighted by atomic mass is 10.1. The van der Waals surface area contributed by atoms with Gasteiger partial charge in [0.1, 0.15) is 5.82 Å². The van der Waals surface area contributed by atoms with Crippen LogP contribution in [0, 0.1) is 11.3 Å². The predicted molar refractivity (Wildman–Crippen MR) is 73.2 cm³/mol. The SMILES string of the molecule is CC(N)CCNc1cc(C#N)c2ccccc2n1. The number of nitrogens with two attached hydrogens (primary N) is 1. The Labute approximate surface area is 106 Å². The Morgan fingerprint density at radius 2 is 2.22 bits per heavy atom. The smallest absolute Gasteiger partial charge is 0.127 e. The van der Waals surface area contributed by atoms with Gasteiger partial charge in [-0.05, 0) is 25.5 Å². The number of nitriles is 1. The van der Waals surface area contributed by atoms with Crippen LogP contribution in [0.5, 0.6) is 0 Å². The number of nitrogens with one attached hydrogen (secondary N) is 1. The highest BCUT2D eigenvalue weighted by atomic mass is 15.0. The molecule has 0 saturated carbocycles. The van der Waals surface area contributed by atoms with E-state index in [1.807, 2.05) is 31.2 Å². The fraction of sp³-hybridized carbons (Fsp3) is 0.286. The Balaban J connectivity index is 2.27. The average molecular weight is 240 g/mol. The maximum absolute atomic E-state index is 9.15. The molecule has 2 aromatic rings. The first-order valence-electron chi connectivity index (χ1n) is 6.00. The van der Waals surface area contributed by atoms with Gasteiger partial charge in [0.15, 0.2) is 0 Å². The molecule has 1 atom stereocenters. The average Bonchev–Trinajstić information content (AvgIpc) is 2.37. The van der Waals surface area contributed by atoms with Crippen LogP contribution in [-0.2, 0) is 0 Å². The van der Waals surface area contributed by atoms with Crippen LogP contribution >= 0.6 is 0 Å². The molecule has 1 heterocycles. The number of nitrogens with zero attached hydrogens (tertiary/aromatic N) is 2. The van der Waals surface area contributed by atoms with Gasteiger partial charge < -0.3 is 11.1 Å². The summed E-state index contributed by atoms with van der Waals surface area (Å²) in [6, 6.07) is 11.8. The lowest BCUT2D eigenvalue weighted by Crippen LogP contribution is -2.19. The third-order valence-electron chi connectivity index (χ3n) is 2.74. The molecule has 4 nitrogen and oxygen atoms in total. The molecule has 0 aliphatic rings. The van der Waals surface area contributed by atoms with Crippen molar-refractivity contribution in [3.05, 3.63) is 35.9 Å². The molecule has 18 heavy (non-hydrogen) atoms. The van der Waals surface area contributed by atoms with Crippen molar-refractivity contribution in [2.45, 2.75) is 19.4 Å². The molecule has 0 bridgehead atoms. The van der Waals surface area contributed by atoms with E-state index in [1.165, 1.54) is 0 Å². The summed E-state index contributed by atoms with van der Waals surface area (Å²) in [5.41, 5.74) is 7.17. The summed E-state index contributed by atoms with van der Waals surface area (Å²) in [4.78, 5) is 4.48. The zero-order chi connectivity index (χ0) is 13.0. The lowest BCUT2D eigenvalue weighted by Gasteiger charge is -2.09. The monoisotopic (exact) mass is 240 g/mol. The van der Waals surface area contributed by atoms with Gasteiger partial charge in [-0.1, -0.05) is 18.2 Å². The molecule has 1 aromatic heterocycles. The van der Waals surface area contributed by atoms with Gasteiger partial charge in [0.2, 0.25) is 0 Å². The molecule has 3 N–H and O–H groups in total. The number of rotatable bonds is 4. The molecule has 2 rings (SSSR count). The van der Waals surface area contributed by atoms with Gasteiger partial charge in [-0.25, -0.2) is 4.98 Å². The molecule has 0 radical (unpaired) electrons. The van der Waals surface area contributed by atoms with E-state index < -0.39 is 0 Å². The van der Waals surface area contributed by atoms with Gasteiger partial charge in [-0.15, -0.1) is 0 Å². The van der Waals surface area contributed by atoms with Crippen molar-refractivity contribution in [1.82, 2.24) is 4.98 Å². The summed E-state index contributed by atoms with van der Waals surface area (Å²) in [5.74, 6) is 0.728. The summed E-state index contributed by atoms with van der Waals surface area (Å²) in [6.45, 7) is 2.73. The Morgan fingerprint density at radius 1 is 1.44 bits per heavy atom. The highest BCUT2D eigenvalue weighted by Crippen LogP contribution is 2.19. The molecule has 0 spiro atoms. The van der Waals surface area contributed by atoms with E-state index in [9.17, 15) is 0 Å². The van der Waals surface area contributed by atoms with E-state index in [0.29, 0.717) is 5.56 Å². The van der Waals surface area contributed by atoms with E-state index in [-0.39, 0.29) is 6.04 Å². The molecule has 4 heteroatoms. The minimum Gasteiger partial charge on any atom is -0.370 e. The first-order valence-corrected chi connectivity index (χ1v) is 6.00. The zero-order valence-corrected chi connectivity index (χ0v) is 10.4. The van der Waals surface area contributed by atoms with Crippen molar-refractivity contribution in [3.8, 4) is 6.07 Å². The molecule has 0 saturated heterocycles. The third-order valence-corrected chi connectivity index (χ3v) is 2.74. The van der Waals surface area contributed by atoms with Gasteiger partial charge in [-0.2, -0.15) is 5.26 Å². The molecule has 0 aliphatic heterocycles. The summed E-state index contributed by atoms with van der Waals surface area (Å²) in [5, 5.41) is 13.2. The number of pyridine rings is 1. The quantitative estimate of drug-likeness (QED) is 0.859. The molecule has 0 fully saturated rings. The van der Waals surface area contributed by atoms with Crippen molar-refractivity contribution in [3.63, 3.8) is 0 Å². The molecular formula is C14H16N4. The first kappa shape index (κ1) is 12.3. The second-order valence-corrected chi connectivity index (χ2v) is 4.38. The van der Waals surface area contributed by atoms with Crippen LogP contribution in [0.25, 0.3) is 10.9 Å². The number of hydrogen-bond acceptors (Lipinski definition) is 4. The van der Waals surface area contributed by atoms with Crippen LogP contribution in [0.1, 0.15) is 18.9 Å². The normalized spacial score (nSPS) is 12.1. The fourth-order valence-electron chi connectivity index (χ4n) is 1.79. The van der Waals surface area contributed by atoms with Crippen LogP contribution in [0.3, 0.4) is 0 Å². The van der Waals surface area contributed by atoms with E-state index in [1.54, 1.807) is 6.07 Å². The molecule has 1 unspecified atom stereocenters. The highest BCUT2D eigenvalue weighted by Gasteiger charge is 2.04. The van der Waals surface area contributed by atoms with Crippen LogP contribution < -0.4 is 11.1 Å². The number of benzene rings is 1. The predicted octanol–water partition coefficient (Wildman–Crippen LogP) is 2.26. The number of anilines is 1. The standard InChI is InChI=1S/C14H16N4/c1-10(16)6-7-17-14-8-11(9-15)12-4-2-3-5-13(12)18-14/h2-5,8,10H,6-7,16H2,1H3,(H,17,18). The van der Waals surface area contributed by atoms with Gasteiger partial charge in [0.05, 0.1) is 17.1 Å². The summed E-state index contributed by atoms with van der Waals surface area (Å²) < 4.78 is 0. The molecule has 1 aromatic carbocycles.